The summed E-state index contributed by atoms with van der Waals surface area (Å²) in [6, 6.07) is 4.57. The molecule has 0 bridgehead atoms. The molecule has 2 aromatic rings. The van der Waals surface area contributed by atoms with E-state index in [2.05, 4.69) is 9.97 Å². The molecule has 0 saturated carbocycles. The number of hydrogen-bond acceptors (Lipinski definition) is 2. The number of imidazole rings is 1. The largest absolute Gasteiger partial charge is 0.367 e. The highest BCUT2D eigenvalue weighted by atomic mass is 19.1. The summed E-state index contributed by atoms with van der Waals surface area (Å²) >= 11 is 0. The van der Waals surface area contributed by atoms with Gasteiger partial charge < -0.3 is 9.72 Å². The van der Waals surface area contributed by atoms with Crippen molar-refractivity contribution in [3.8, 4) is 0 Å². The molecule has 16 heavy (non-hydrogen) atoms. The van der Waals surface area contributed by atoms with E-state index in [1.807, 2.05) is 6.92 Å². The quantitative estimate of drug-likeness (QED) is 0.802. The molecular formula is C12H13FN2O. The molecule has 1 saturated heterocycles. The van der Waals surface area contributed by atoms with E-state index in [4.69, 9.17) is 4.74 Å². The highest BCUT2D eigenvalue weighted by Gasteiger charge is 2.34. The maximum Gasteiger partial charge on any atom is 0.139 e. The lowest BCUT2D eigenvalue weighted by Crippen LogP contribution is -2.21. The number of rotatable bonds is 1. The molecule has 3 rings (SSSR count). The van der Waals surface area contributed by atoms with Crippen molar-refractivity contribution < 1.29 is 9.13 Å². The number of aromatic amines is 1. The van der Waals surface area contributed by atoms with Gasteiger partial charge in [-0.2, -0.15) is 0 Å². The standard InChI is InChI=1S/C12H13FN2O/c1-12(5-2-6-16-12)11-14-9-4-3-8(13)7-10(9)15-11/h3-4,7H,2,5-6H2,1H3,(H,14,15). The minimum atomic E-state index is -0.338. The number of fused-ring (bicyclic) bond motifs is 1. The highest BCUT2D eigenvalue weighted by Crippen LogP contribution is 2.34. The molecule has 1 N–H and O–H groups in total. The average molecular weight is 220 g/mol. The molecule has 2 heterocycles. The molecule has 3 nitrogen and oxygen atoms in total. The zero-order chi connectivity index (χ0) is 11.2. The number of nitrogens with one attached hydrogen (secondary N) is 1. The number of halogens is 1. The van der Waals surface area contributed by atoms with Crippen LogP contribution in [0, 0.1) is 5.82 Å². The predicted molar refractivity (Wildman–Crippen MR) is 58.6 cm³/mol. The first-order valence-corrected chi connectivity index (χ1v) is 5.47. The number of hydrogen-bond donors (Lipinski definition) is 1. The van der Waals surface area contributed by atoms with Crippen LogP contribution in [0.5, 0.6) is 0 Å². The van der Waals surface area contributed by atoms with Crippen LogP contribution < -0.4 is 0 Å². The van der Waals surface area contributed by atoms with Crippen LogP contribution >= 0.6 is 0 Å². The van der Waals surface area contributed by atoms with Gasteiger partial charge in [0, 0.05) is 6.61 Å². The molecule has 1 aliphatic rings. The van der Waals surface area contributed by atoms with Crippen LogP contribution in [-0.4, -0.2) is 16.6 Å². The minimum absolute atomic E-state index is 0.250. The second-order valence-corrected chi connectivity index (χ2v) is 4.43. The minimum Gasteiger partial charge on any atom is -0.367 e. The number of ether oxygens (including phenoxy) is 1. The Kier molecular flexibility index (Phi) is 2.01. The summed E-state index contributed by atoms with van der Waals surface area (Å²) in [5, 5.41) is 0. The van der Waals surface area contributed by atoms with Crippen molar-refractivity contribution in [2.75, 3.05) is 6.61 Å². The molecule has 1 fully saturated rings. The zero-order valence-electron chi connectivity index (χ0n) is 9.09. The molecular weight excluding hydrogens is 207 g/mol. The SMILES string of the molecule is CC1(c2nc3ccc(F)cc3[nH]2)CCCO1. The lowest BCUT2D eigenvalue weighted by atomic mass is 10.0. The van der Waals surface area contributed by atoms with E-state index in [1.165, 1.54) is 12.1 Å². The third kappa shape index (κ3) is 1.41. The van der Waals surface area contributed by atoms with Gasteiger partial charge in [0.05, 0.1) is 11.0 Å². The molecule has 0 spiro atoms. The van der Waals surface area contributed by atoms with Crippen molar-refractivity contribution in [2.24, 2.45) is 0 Å². The van der Waals surface area contributed by atoms with Crippen LogP contribution in [0.2, 0.25) is 0 Å². The predicted octanol–water partition coefficient (Wildman–Crippen LogP) is 2.73. The van der Waals surface area contributed by atoms with Gasteiger partial charge in [0.25, 0.3) is 0 Å². The Morgan fingerprint density at radius 3 is 3.12 bits per heavy atom. The first-order valence-electron chi connectivity index (χ1n) is 5.47. The van der Waals surface area contributed by atoms with Gasteiger partial charge in [-0.05, 0) is 38.0 Å². The van der Waals surface area contributed by atoms with E-state index in [1.54, 1.807) is 6.07 Å². The molecule has 1 aromatic carbocycles. The maximum atomic E-state index is 13.0. The van der Waals surface area contributed by atoms with Crippen molar-refractivity contribution in [1.82, 2.24) is 9.97 Å². The molecule has 0 aliphatic carbocycles. The van der Waals surface area contributed by atoms with Crippen LogP contribution in [0.25, 0.3) is 11.0 Å². The Morgan fingerprint density at radius 1 is 1.50 bits per heavy atom. The van der Waals surface area contributed by atoms with Gasteiger partial charge in [-0.15, -0.1) is 0 Å². The Hall–Kier alpha value is -1.42. The molecule has 84 valence electrons. The third-order valence-electron chi connectivity index (χ3n) is 3.16. The van der Waals surface area contributed by atoms with Gasteiger partial charge in [0.1, 0.15) is 17.2 Å². The highest BCUT2D eigenvalue weighted by molar-refractivity contribution is 5.75. The molecule has 1 aromatic heterocycles. The third-order valence-corrected chi connectivity index (χ3v) is 3.16. The van der Waals surface area contributed by atoms with Crippen LogP contribution in [0.15, 0.2) is 18.2 Å². The Labute approximate surface area is 92.6 Å². The summed E-state index contributed by atoms with van der Waals surface area (Å²) in [6.45, 7) is 2.79. The molecule has 1 aliphatic heterocycles. The molecule has 0 radical (unpaired) electrons. The summed E-state index contributed by atoms with van der Waals surface area (Å²) in [5.74, 6) is 0.547. The van der Waals surface area contributed by atoms with E-state index in [-0.39, 0.29) is 11.4 Å². The molecule has 4 heteroatoms. The van der Waals surface area contributed by atoms with Gasteiger partial charge in [-0.3, -0.25) is 0 Å². The van der Waals surface area contributed by atoms with E-state index in [0.29, 0.717) is 0 Å². The number of nitrogens with zero attached hydrogens (tertiary/aromatic N) is 1. The van der Waals surface area contributed by atoms with E-state index >= 15 is 0 Å². The Morgan fingerprint density at radius 2 is 2.38 bits per heavy atom. The van der Waals surface area contributed by atoms with Gasteiger partial charge >= 0.3 is 0 Å². The second kappa shape index (κ2) is 3.28. The zero-order valence-corrected chi connectivity index (χ0v) is 9.09. The second-order valence-electron chi connectivity index (χ2n) is 4.43. The van der Waals surface area contributed by atoms with Crippen molar-refractivity contribution >= 4 is 11.0 Å². The van der Waals surface area contributed by atoms with Crippen molar-refractivity contribution in [3.63, 3.8) is 0 Å². The monoisotopic (exact) mass is 220 g/mol. The molecule has 1 atom stereocenters. The van der Waals surface area contributed by atoms with Gasteiger partial charge in [-0.1, -0.05) is 0 Å². The molecule has 1 unspecified atom stereocenters. The fraction of sp³-hybridized carbons (Fsp3) is 0.417. The van der Waals surface area contributed by atoms with Gasteiger partial charge in [0.2, 0.25) is 0 Å². The number of H-pyrrole nitrogens is 1. The number of benzene rings is 1. The topological polar surface area (TPSA) is 37.9 Å². The fourth-order valence-electron chi connectivity index (χ4n) is 2.20. The Bertz CT molecular complexity index is 529. The average Bonchev–Trinajstić information content (AvgIpc) is 2.84. The van der Waals surface area contributed by atoms with Crippen LogP contribution in [0.3, 0.4) is 0 Å². The Balaban J connectivity index is 2.11. The van der Waals surface area contributed by atoms with E-state index in [0.717, 1.165) is 36.3 Å². The maximum absolute atomic E-state index is 13.0. The lowest BCUT2D eigenvalue weighted by Gasteiger charge is -2.19. The normalized spacial score (nSPS) is 25.4. The first kappa shape index (κ1) is 9.78. The van der Waals surface area contributed by atoms with Crippen LogP contribution in [0.1, 0.15) is 25.6 Å². The molecule has 0 amide bonds. The smallest absolute Gasteiger partial charge is 0.139 e. The van der Waals surface area contributed by atoms with Gasteiger partial charge in [0.15, 0.2) is 0 Å². The van der Waals surface area contributed by atoms with E-state index < -0.39 is 0 Å². The summed E-state index contributed by atoms with van der Waals surface area (Å²) in [4.78, 5) is 7.60. The fourth-order valence-corrected chi connectivity index (χ4v) is 2.20. The summed E-state index contributed by atoms with van der Waals surface area (Å²) in [5.41, 5.74) is 1.18. The summed E-state index contributed by atoms with van der Waals surface area (Å²) in [7, 11) is 0. The first-order chi connectivity index (χ1) is 7.67. The van der Waals surface area contributed by atoms with Crippen molar-refractivity contribution in [2.45, 2.75) is 25.4 Å². The van der Waals surface area contributed by atoms with E-state index in [9.17, 15) is 4.39 Å². The van der Waals surface area contributed by atoms with Crippen molar-refractivity contribution in [3.05, 3.63) is 29.8 Å². The summed E-state index contributed by atoms with van der Waals surface area (Å²) < 4.78 is 18.7. The summed E-state index contributed by atoms with van der Waals surface area (Å²) in [6.07, 6.45) is 2.00. The number of aromatic nitrogens is 2. The van der Waals surface area contributed by atoms with Crippen LogP contribution in [0.4, 0.5) is 4.39 Å². The van der Waals surface area contributed by atoms with Crippen molar-refractivity contribution in [1.29, 1.82) is 0 Å². The lowest BCUT2D eigenvalue weighted by molar-refractivity contribution is 0.0103. The van der Waals surface area contributed by atoms with Gasteiger partial charge in [-0.25, -0.2) is 9.37 Å². The van der Waals surface area contributed by atoms with Crippen LogP contribution in [-0.2, 0) is 10.3 Å².